The Labute approximate surface area is 138 Å². The molecule has 0 radical (unpaired) electrons. The molecule has 2 rings (SSSR count). The maximum Gasteiger partial charge on any atom is 0.252 e. The van der Waals surface area contributed by atoms with E-state index in [0.29, 0.717) is 31.9 Å². The van der Waals surface area contributed by atoms with Gasteiger partial charge in [0.25, 0.3) is 5.91 Å². The predicted molar refractivity (Wildman–Crippen MR) is 85.5 cm³/mol. The topological polar surface area (TPSA) is 71.5 Å². The molecule has 0 aromatic carbocycles. The van der Waals surface area contributed by atoms with E-state index in [1.165, 1.54) is 6.20 Å². The van der Waals surface area contributed by atoms with E-state index in [0.717, 1.165) is 17.3 Å². The lowest BCUT2D eigenvalue weighted by molar-refractivity contribution is -0.132. The van der Waals surface area contributed by atoms with E-state index in [1.54, 1.807) is 19.2 Å². The molecule has 1 aliphatic heterocycles. The Morgan fingerprint density at radius 1 is 1.41 bits per heavy atom. The van der Waals surface area contributed by atoms with Crippen molar-refractivity contribution in [1.82, 2.24) is 15.2 Å². The average Bonchev–Trinajstić information content (AvgIpc) is 2.52. The first-order valence-corrected chi connectivity index (χ1v) is 8.11. The third-order valence-electron chi connectivity index (χ3n) is 3.64. The molecule has 0 saturated carbocycles. The Bertz CT molecular complexity index is 533. The van der Waals surface area contributed by atoms with Crippen molar-refractivity contribution in [2.75, 3.05) is 26.3 Å². The quantitative estimate of drug-likeness (QED) is 0.855. The van der Waals surface area contributed by atoms with Gasteiger partial charge in [-0.2, -0.15) is 0 Å². The van der Waals surface area contributed by atoms with E-state index in [1.807, 2.05) is 4.90 Å². The fourth-order valence-corrected chi connectivity index (χ4v) is 2.89. The normalized spacial score (nSPS) is 15.4. The maximum absolute atomic E-state index is 12.0. The van der Waals surface area contributed by atoms with Crippen molar-refractivity contribution in [2.45, 2.75) is 25.8 Å². The zero-order chi connectivity index (χ0) is 15.9. The molecule has 120 valence electrons. The SMILES string of the molecule is CC(=O)N(CCNC(=O)c1cncc(Br)c1)C1CCOCC1. The zero-order valence-corrected chi connectivity index (χ0v) is 14.1. The van der Waals surface area contributed by atoms with Gasteiger partial charge in [0.15, 0.2) is 0 Å². The number of halogens is 1. The number of hydrogen-bond donors (Lipinski definition) is 1. The Morgan fingerprint density at radius 2 is 2.14 bits per heavy atom. The van der Waals surface area contributed by atoms with Crippen LogP contribution >= 0.6 is 15.9 Å². The van der Waals surface area contributed by atoms with Crippen molar-refractivity contribution in [3.8, 4) is 0 Å². The number of nitrogens with zero attached hydrogens (tertiary/aromatic N) is 2. The van der Waals surface area contributed by atoms with Crippen LogP contribution < -0.4 is 5.32 Å². The van der Waals surface area contributed by atoms with E-state index in [9.17, 15) is 9.59 Å². The third kappa shape index (κ3) is 4.78. The maximum atomic E-state index is 12.0. The van der Waals surface area contributed by atoms with Crippen LogP contribution in [0.25, 0.3) is 0 Å². The van der Waals surface area contributed by atoms with E-state index in [2.05, 4.69) is 26.2 Å². The van der Waals surface area contributed by atoms with Gasteiger partial charge in [-0.25, -0.2) is 0 Å². The number of nitrogens with one attached hydrogen (secondary N) is 1. The Kier molecular flexibility index (Phi) is 6.33. The number of hydrogen-bond acceptors (Lipinski definition) is 4. The number of pyridine rings is 1. The first-order chi connectivity index (χ1) is 10.6. The second kappa shape index (κ2) is 8.24. The van der Waals surface area contributed by atoms with Crippen LogP contribution in [0.4, 0.5) is 0 Å². The molecule has 1 aliphatic rings. The first-order valence-electron chi connectivity index (χ1n) is 7.31. The van der Waals surface area contributed by atoms with Crippen LogP contribution in [0.1, 0.15) is 30.1 Å². The molecule has 2 heterocycles. The second-order valence-electron chi connectivity index (χ2n) is 5.20. The molecule has 1 aromatic heterocycles. The molecule has 22 heavy (non-hydrogen) atoms. The van der Waals surface area contributed by atoms with Gasteiger partial charge in [0.1, 0.15) is 0 Å². The smallest absolute Gasteiger partial charge is 0.252 e. The Morgan fingerprint density at radius 3 is 2.77 bits per heavy atom. The summed E-state index contributed by atoms with van der Waals surface area (Å²) in [6, 6.07) is 1.92. The van der Waals surface area contributed by atoms with Crippen molar-refractivity contribution < 1.29 is 14.3 Å². The van der Waals surface area contributed by atoms with Crippen molar-refractivity contribution >= 4 is 27.7 Å². The lowest BCUT2D eigenvalue weighted by Crippen LogP contribution is -2.46. The van der Waals surface area contributed by atoms with Gasteiger partial charge in [0.05, 0.1) is 5.56 Å². The molecule has 0 spiro atoms. The number of amides is 2. The third-order valence-corrected chi connectivity index (χ3v) is 4.08. The summed E-state index contributed by atoms with van der Waals surface area (Å²) in [5, 5.41) is 2.83. The van der Waals surface area contributed by atoms with Gasteiger partial charge in [-0.3, -0.25) is 14.6 Å². The van der Waals surface area contributed by atoms with E-state index in [-0.39, 0.29) is 17.9 Å². The van der Waals surface area contributed by atoms with Crippen molar-refractivity contribution in [3.05, 3.63) is 28.5 Å². The van der Waals surface area contributed by atoms with Gasteiger partial charge in [-0.1, -0.05) is 0 Å². The minimum atomic E-state index is -0.190. The van der Waals surface area contributed by atoms with Gasteiger partial charge in [-0.05, 0) is 34.8 Å². The molecular weight excluding hydrogens is 350 g/mol. The summed E-state index contributed by atoms with van der Waals surface area (Å²) in [5.74, 6) is -0.158. The molecule has 1 fully saturated rings. The standard InChI is InChI=1S/C15H20BrN3O3/c1-11(20)19(14-2-6-22-7-3-14)5-4-18-15(21)12-8-13(16)10-17-9-12/h8-10,14H,2-7H2,1H3,(H,18,21). The van der Waals surface area contributed by atoms with Crippen molar-refractivity contribution in [2.24, 2.45) is 0 Å². The summed E-state index contributed by atoms with van der Waals surface area (Å²) in [6.07, 6.45) is 4.84. The predicted octanol–water partition coefficient (Wildman–Crippen LogP) is 1.60. The minimum Gasteiger partial charge on any atom is -0.381 e. The second-order valence-corrected chi connectivity index (χ2v) is 6.12. The van der Waals surface area contributed by atoms with Crippen LogP contribution in [0.3, 0.4) is 0 Å². The number of rotatable bonds is 5. The summed E-state index contributed by atoms with van der Waals surface area (Å²) in [6.45, 7) is 3.86. The summed E-state index contributed by atoms with van der Waals surface area (Å²) < 4.78 is 6.08. The van der Waals surface area contributed by atoms with Crippen molar-refractivity contribution in [1.29, 1.82) is 0 Å². The fourth-order valence-electron chi connectivity index (χ4n) is 2.52. The Hall–Kier alpha value is -1.47. The van der Waals surface area contributed by atoms with Gasteiger partial charge >= 0.3 is 0 Å². The molecule has 0 unspecified atom stereocenters. The summed E-state index contributed by atoms with van der Waals surface area (Å²) in [4.78, 5) is 29.6. The van der Waals surface area contributed by atoms with Gasteiger partial charge in [0, 0.05) is 56.1 Å². The van der Waals surface area contributed by atoms with Crippen LogP contribution in [-0.2, 0) is 9.53 Å². The average molecular weight is 370 g/mol. The van der Waals surface area contributed by atoms with E-state index >= 15 is 0 Å². The molecule has 6 nitrogen and oxygen atoms in total. The highest BCUT2D eigenvalue weighted by atomic mass is 79.9. The minimum absolute atomic E-state index is 0.0327. The molecule has 1 saturated heterocycles. The summed E-state index contributed by atoms with van der Waals surface area (Å²) in [5.41, 5.74) is 0.495. The molecule has 0 bridgehead atoms. The molecule has 0 atom stereocenters. The number of carbonyl (C=O) groups is 2. The lowest BCUT2D eigenvalue weighted by Gasteiger charge is -2.33. The lowest BCUT2D eigenvalue weighted by atomic mass is 10.1. The first kappa shape index (κ1) is 16.9. The Balaban J connectivity index is 1.85. The fraction of sp³-hybridized carbons (Fsp3) is 0.533. The monoisotopic (exact) mass is 369 g/mol. The van der Waals surface area contributed by atoms with Crippen molar-refractivity contribution in [3.63, 3.8) is 0 Å². The summed E-state index contributed by atoms with van der Waals surface area (Å²) >= 11 is 3.29. The largest absolute Gasteiger partial charge is 0.381 e. The zero-order valence-electron chi connectivity index (χ0n) is 12.5. The molecule has 1 aromatic rings. The summed E-state index contributed by atoms with van der Waals surface area (Å²) in [7, 11) is 0. The van der Waals surface area contributed by atoms with Crippen LogP contribution in [0, 0.1) is 0 Å². The molecule has 1 N–H and O–H groups in total. The van der Waals surface area contributed by atoms with E-state index < -0.39 is 0 Å². The highest BCUT2D eigenvalue weighted by molar-refractivity contribution is 9.10. The number of aromatic nitrogens is 1. The molecule has 7 heteroatoms. The molecule has 2 amide bonds. The van der Waals surface area contributed by atoms with Gasteiger partial charge in [-0.15, -0.1) is 0 Å². The van der Waals surface area contributed by atoms with Gasteiger partial charge < -0.3 is 15.0 Å². The molecule has 0 aliphatic carbocycles. The number of carbonyl (C=O) groups excluding carboxylic acids is 2. The van der Waals surface area contributed by atoms with Crippen LogP contribution in [0.2, 0.25) is 0 Å². The number of ether oxygens (including phenoxy) is 1. The van der Waals surface area contributed by atoms with E-state index in [4.69, 9.17) is 4.74 Å². The highest BCUT2D eigenvalue weighted by Gasteiger charge is 2.23. The van der Waals surface area contributed by atoms with Crippen LogP contribution in [-0.4, -0.2) is 54.0 Å². The molecular formula is C15H20BrN3O3. The highest BCUT2D eigenvalue weighted by Crippen LogP contribution is 2.14. The van der Waals surface area contributed by atoms with Crippen LogP contribution in [0.5, 0.6) is 0 Å². The van der Waals surface area contributed by atoms with Crippen LogP contribution in [0.15, 0.2) is 22.9 Å². The van der Waals surface area contributed by atoms with Gasteiger partial charge in [0.2, 0.25) is 5.91 Å².